The zero-order valence-electron chi connectivity index (χ0n) is 25.5. The van der Waals surface area contributed by atoms with Crippen LogP contribution in [-0.4, -0.2) is 49.9 Å². The van der Waals surface area contributed by atoms with E-state index in [1.54, 1.807) is 16.7 Å². The summed E-state index contributed by atoms with van der Waals surface area (Å²) in [6, 6.07) is 15.0. The number of anilines is 1. The summed E-state index contributed by atoms with van der Waals surface area (Å²) in [5.74, 6) is -0.295. The highest BCUT2D eigenvalue weighted by Gasteiger charge is 2.24. The molecule has 3 rings (SSSR count). The van der Waals surface area contributed by atoms with Crippen LogP contribution in [0.15, 0.2) is 52.3 Å². The summed E-state index contributed by atoms with van der Waals surface area (Å²) in [6.45, 7) is 8.77. The fourth-order valence-electron chi connectivity index (χ4n) is 5.21. The van der Waals surface area contributed by atoms with E-state index in [-0.39, 0.29) is 12.8 Å². The van der Waals surface area contributed by atoms with Gasteiger partial charge in [0.05, 0.1) is 5.69 Å². The normalized spacial score (nSPS) is 13.3. The van der Waals surface area contributed by atoms with Crippen molar-refractivity contribution in [3.8, 4) is 0 Å². The van der Waals surface area contributed by atoms with Gasteiger partial charge in [0.15, 0.2) is 0 Å². The highest BCUT2D eigenvalue weighted by Crippen LogP contribution is 2.37. The predicted octanol–water partition coefficient (Wildman–Crippen LogP) is 8.92. The first kappa shape index (κ1) is 32.8. The summed E-state index contributed by atoms with van der Waals surface area (Å²) >= 11 is 1.78. The number of carbonyl (C=O) groups is 2. The fraction of sp³-hybridized carbons (Fsp3) is 0.588. The largest absolute Gasteiger partial charge is 0.428 e. The number of amides is 1. The lowest BCUT2D eigenvalue weighted by Gasteiger charge is -2.36. The zero-order valence-corrected chi connectivity index (χ0v) is 26.3. The maximum Gasteiger partial charge on any atom is 0.412 e. The summed E-state index contributed by atoms with van der Waals surface area (Å²) in [7, 11) is 0. The first-order valence-electron chi connectivity index (χ1n) is 15.6. The molecule has 1 aliphatic heterocycles. The molecule has 226 valence electrons. The number of benzene rings is 2. The van der Waals surface area contributed by atoms with Crippen LogP contribution in [0.5, 0.6) is 0 Å². The molecule has 1 amide bonds. The van der Waals surface area contributed by atoms with Crippen LogP contribution in [0, 0.1) is 13.8 Å². The van der Waals surface area contributed by atoms with Gasteiger partial charge >= 0.3 is 12.1 Å². The Labute approximate surface area is 252 Å². The minimum atomic E-state index is -0.426. The molecule has 0 bridgehead atoms. The Morgan fingerprint density at radius 1 is 0.756 bits per heavy atom. The van der Waals surface area contributed by atoms with Crippen molar-refractivity contribution in [1.29, 1.82) is 0 Å². The number of hydrogen-bond donors (Lipinski definition) is 0. The summed E-state index contributed by atoms with van der Waals surface area (Å²) < 4.78 is 10.4. The number of aryl methyl sites for hydroxylation is 2. The van der Waals surface area contributed by atoms with Gasteiger partial charge < -0.3 is 19.3 Å². The number of rotatable bonds is 17. The first-order chi connectivity index (χ1) is 20.0. The highest BCUT2D eigenvalue weighted by atomic mass is 32.2. The Kier molecular flexibility index (Phi) is 15.0. The summed E-state index contributed by atoms with van der Waals surface area (Å²) in [5, 5.41) is 0. The van der Waals surface area contributed by atoms with Gasteiger partial charge in [-0.25, -0.2) is 4.79 Å². The van der Waals surface area contributed by atoms with Crippen LogP contribution >= 0.6 is 11.8 Å². The molecule has 0 unspecified atom stereocenters. The molecule has 1 saturated heterocycles. The molecule has 0 spiro atoms. The van der Waals surface area contributed by atoms with E-state index < -0.39 is 6.09 Å². The molecule has 1 fully saturated rings. The maximum atomic E-state index is 12.5. The van der Waals surface area contributed by atoms with Crippen LogP contribution in [-0.2, 0) is 14.3 Å². The van der Waals surface area contributed by atoms with Crippen molar-refractivity contribution in [2.45, 2.75) is 108 Å². The molecular weight excluding hydrogens is 532 g/mol. The van der Waals surface area contributed by atoms with Crippen molar-refractivity contribution < 1.29 is 19.1 Å². The third kappa shape index (κ3) is 12.0. The summed E-state index contributed by atoms with van der Waals surface area (Å²) in [5.41, 5.74) is 3.72. The lowest BCUT2D eigenvalue weighted by Crippen LogP contribution is -2.49. The Bertz CT molecular complexity index is 1070. The number of ether oxygens (including phenoxy) is 2. The summed E-state index contributed by atoms with van der Waals surface area (Å²) in [6.07, 6.45) is 13.6. The smallest absolute Gasteiger partial charge is 0.412 e. The van der Waals surface area contributed by atoms with E-state index in [0.717, 1.165) is 32.4 Å². The van der Waals surface area contributed by atoms with Gasteiger partial charge in [0, 0.05) is 42.4 Å². The number of piperazine rings is 1. The number of carbonyl (C=O) groups excluding carboxylic acids is 2. The third-order valence-electron chi connectivity index (χ3n) is 7.68. The van der Waals surface area contributed by atoms with E-state index in [4.69, 9.17) is 9.47 Å². The lowest BCUT2D eigenvalue weighted by molar-refractivity contribution is -0.152. The van der Waals surface area contributed by atoms with Gasteiger partial charge in [-0.05, 0) is 44.0 Å². The topological polar surface area (TPSA) is 59.1 Å². The second-order valence-electron chi connectivity index (χ2n) is 11.1. The number of nitrogens with zero attached hydrogens (tertiary/aromatic N) is 2. The average Bonchev–Trinajstić information content (AvgIpc) is 2.97. The first-order valence-corrected chi connectivity index (χ1v) is 16.5. The van der Waals surface area contributed by atoms with Crippen LogP contribution in [0.25, 0.3) is 0 Å². The second-order valence-corrected chi connectivity index (χ2v) is 12.2. The van der Waals surface area contributed by atoms with Gasteiger partial charge in [-0.15, -0.1) is 0 Å². The Balaban J connectivity index is 1.28. The molecule has 6 nitrogen and oxygen atoms in total. The van der Waals surface area contributed by atoms with Gasteiger partial charge in [-0.1, -0.05) is 113 Å². The average molecular weight is 583 g/mol. The molecule has 0 atom stereocenters. The lowest BCUT2D eigenvalue weighted by atomic mass is 10.1. The predicted molar refractivity (Wildman–Crippen MR) is 169 cm³/mol. The van der Waals surface area contributed by atoms with Gasteiger partial charge in [0.25, 0.3) is 0 Å². The van der Waals surface area contributed by atoms with Crippen LogP contribution in [0.1, 0.15) is 95.1 Å². The van der Waals surface area contributed by atoms with Crippen molar-refractivity contribution in [3.63, 3.8) is 0 Å². The van der Waals surface area contributed by atoms with Crippen molar-refractivity contribution in [2.24, 2.45) is 0 Å². The molecule has 2 aromatic rings. The van der Waals surface area contributed by atoms with Gasteiger partial charge in [0.1, 0.15) is 0 Å². The van der Waals surface area contributed by atoms with Crippen LogP contribution in [0.4, 0.5) is 10.5 Å². The number of para-hydroxylation sites is 1. The van der Waals surface area contributed by atoms with Gasteiger partial charge in [-0.2, -0.15) is 0 Å². The molecule has 0 aliphatic carbocycles. The molecule has 0 N–H and O–H groups in total. The minimum Gasteiger partial charge on any atom is -0.428 e. The fourth-order valence-corrected chi connectivity index (χ4v) is 6.25. The molecule has 41 heavy (non-hydrogen) atoms. The zero-order chi connectivity index (χ0) is 29.3. The molecular formula is C34H50N2O4S. The highest BCUT2D eigenvalue weighted by molar-refractivity contribution is 7.99. The quantitative estimate of drug-likeness (QED) is 0.105. The molecule has 1 aliphatic rings. The standard InChI is InChI=1S/C34H50N2O4S/c1-4-5-6-7-8-9-10-11-12-13-14-19-33(37)39-27-40-34(38)36-24-22-35(23-25-36)30-17-15-16-18-32(30)41-31-21-20-28(2)26-29(31)3/h15-18,20-21,26H,4-14,19,22-25,27H2,1-3H3. The Morgan fingerprint density at radius 2 is 1.39 bits per heavy atom. The SMILES string of the molecule is CCCCCCCCCCCCCC(=O)OCOC(=O)N1CCN(c2ccccc2Sc2ccc(C)cc2C)CC1. The number of hydrogen-bond acceptors (Lipinski definition) is 6. The van der Waals surface area contributed by atoms with Crippen molar-refractivity contribution in [2.75, 3.05) is 37.9 Å². The van der Waals surface area contributed by atoms with Crippen LogP contribution in [0.3, 0.4) is 0 Å². The van der Waals surface area contributed by atoms with E-state index in [2.05, 4.69) is 68.1 Å². The van der Waals surface area contributed by atoms with Crippen LogP contribution < -0.4 is 4.90 Å². The van der Waals surface area contributed by atoms with Crippen molar-refractivity contribution >= 4 is 29.5 Å². The molecule has 0 saturated carbocycles. The van der Waals surface area contributed by atoms with E-state index in [9.17, 15) is 9.59 Å². The number of esters is 1. The van der Waals surface area contributed by atoms with Gasteiger partial charge in [0.2, 0.25) is 6.79 Å². The molecule has 7 heteroatoms. The van der Waals surface area contributed by atoms with E-state index in [0.29, 0.717) is 19.5 Å². The molecule has 0 radical (unpaired) electrons. The van der Waals surface area contributed by atoms with E-state index in [1.807, 2.05) is 0 Å². The van der Waals surface area contributed by atoms with Crippen molar-refractivity contribution in [3.05, 3.63) is 53.6 Å². The summed E-state index contributed by atoms with van der Waals surface area (Å²) in [4.78, 5) is 31.0. The molecule has 2 aromatic carbocycles. The molecule has 0 aromatic heterocycles. The van der Waals surface area contributed by atoms with E-state index >= 15 is 0 Å². The monoisotopic (exact) mass is 582 g/mol. The second kappa shape index (κ2) is 18.7. The third-order valence-corrected chi connectivity index (χ3v) is 8.92. The molecule has 1 heterocycles. The maximum absolute atomic E-state index is 12.5. The Morgan fingerprint density at radius 3 is 2.05 bits per heavy atom. The number of unbranched alkanes of at least 4 members (excludes halogenated alkanes) is 10. The Hall–Kier alpha value is -2.67. The van der Waals surface area contributed by atoms with E-state index in [1.165, 1.54) is 78.0 Å². The minimum absolute atomic E-state index is 0.295. The van der Waals surface area contributed by atoms with Crippen LogP contribution in [0.2, 0.25) is 0 Å². The van der Waals surface area contributed by atoms with Crippen molar-refractivity contribution in [1.82, 2.24) is 4.90 Å². The van der Waals surface area contributed by atoms with Gasteiger partial charge in [-0.3, -0.25) is 4.79 Å².